The largest absolute Gasteiger partial charge is 0.491 e. The minimum atomic E-state index is 0.0176. The van der Waals surface area contributed by atoms with Crippen LogP contribution in [-0.2, 0) is 16.1 Å². The molecule has 1 aromatic rings. The van der Waals surface area contributed by atoms with E-state index < -0.39 is 0 Å². The number of anilines is 1. The summed E-state index contributed by atoms with van der Waals surface area (Å²) in [5, 5.41) is 0. The summed E-state index contributed by atoms with van der Waals surface area (Å²) in [6.45, 7) is 9.09. The smallest absolute Gasteiger partial charge is 0.225 e. The maximum Gasteiger partial charge on any atom is 0.225 e. The van der Waals surface area contributed by atoms with Crippen LogP contribution in [0.3, 0.4) is 0 Å². The fourth-order valence-corrected chi connectivity index (χ4v) is 2.95. The molecule has 2 aliphatic heterocycles. The van der Waals surface area contributed by atoms with Gasteiger partial charge in [0.2, 0.25) is 5.91 Å². The summed E-state index contributed by atoms with van der Waals surface area (Å²) in [7, 11) is 0. The monoisotopic (exact) mass is 304 g/mol. The van der Waals surface area contributed by atoms with E-state index in [4.69, 9.17) is 9.47 Å². The first-order valence-corrected chi connectivity index (χ1v) is 8.02. The van der Waals surface area contributed by atoms with Crippen molar-refractivity contribution in [1.82, 2.24) is 4.90 Å². The molecule has 0 N–H and O–H groups in total. The van der Waals surface area contributed by atoms with Crippen molar-refractivity contribution in [2.24, 2.45) is 5.92 Å². The molecule has 2 heterocycles. The lowest BCUT2D eigenvalue weighted by Crippen LogP contribution is -2.36. The summed E-state index contributed by atoms with van der Waals surface area (Å²) in [4.78, 5) is 16.5. The number of benzene rings is 1. The van der Waals surface area contributed by atoms with E-state index in [1.165, 1.54) is 5.69 Å². The van der Waals surface area contributed by atoms with Gasteiger partial charge in [-0.2, -0.15) is 0 Å². The van der Waals surface area contributed by atoms with Crippen LogP contribution in [0.2, 0.25) is 0 Å². The van der Waals surface area contributed by atoms with Crippen LogP contribution >= 0.6 is 0 Å². The second kappa shape index (κ2) is 6.57. The standard InChI is InChI=1S/C17H24N2O3/c1-13(2)17(20)19-7-10-22-16-4-3-15(11-14(16)12-19)18-5-8-21-9-6-18/h3-4,11,13H,5-10,12H2,1-2H3. The highest BCUT2D eigenvalue weighted by atomic mass is 16.5. The topological polar surface area (TPSA) is 42.0 Å². The molecule has 2 aliphatic rings. The second-order valence-corrected chi connectivity index (χ2v) is 6.15. The third-order valence-corrected chi connectivity index (χ3v) is 4.21. The van der Waals surface area contributed by atoms with Gasteiger partial charge in [-0.15, -0.1) is 0 Å². The predicted octanol–water partition coefficient (Wildman–Crippen LogP) is 1.90. The van der Waals surface area contributed by atoms with Crippen molar-refractivity contribution in [3.63, 3.8) is 0 Å². The van der Waals surface area contributed by atoms with Gasteiger partial charge in [-0.05, 0) is 18.2 Å². The van der Waals surface area contributed by atoms with Gasteiger partial charge in [0.25, 0.3) is 0 Å². The summed E-state index contributed by atoms with van der Waals surface area (Å²) in [5.41, 5.74) is 2.28. The third kappa shape index (κ3) is 3.19. The van der Waals surface area contributed by atoms with Crippen LogP contribution in [0, 0.1) is 5.92 Å². The number of ether oxygens (including phenoxy) is 2. The molecule has 5 heteroatoms. The molecule has 0 aromatic heterocycles. The van der Waals surface area contributed by atoms with Crippen molar-refractivity contribution < 1.29 is 14.3 Å². The van der Waals surface area contributed by atoms with Gasteiger partial charge in [0.15, 0.2) is 0 Å². The van der Waals surface area contributed by atoms with E-state index in [1.54, 1.807) is 0 Å². The highest BCUT2D eigenvalue weighted by molar-refractivity contribution is 5.78. The number of rotatable bonds is 2. The van der Waals surface area contributed by atoms with Crippen LogP contribution in [0.25, 0.3) is 0 Å². The number of morpholine rings is 1. The number of carbonyl (C=O) groups is 1. The SMILES string of the molecule is CC(C)C(=O)N1CCOc2ccc(N3CCOCC3)cc2C1. The van der Waals surface area contributed by atoms with Gasteiger partial charge in [0.1, 0.15) is 12.4 Å². The Balaban J connectivity index is 1.82. The number of nitrogens with zero attached hydrogens (tertiary/aromatic N) is 2. The molecule has 0 spiro atoms. The molecule has 22 heavy (non-hydrogen) atoms. The molecule has 0 radical (unpaired) electrons. The van der Waals surface area contributed by atoms with Gasteiger partial charge in [0.05, 0.1) is 19.8 Å². The molecule has 5 nitrogen and oxygen atoms in total. The lowest BCUT2D eigenvalue weighted by atomic mass is 10.1. The summed E-state index contributed by atoms with van der Waals surface area (Å²) in [6.07, 6.45) is 0. The Kier molecular flexibility index (Phi) is 4.52. The fraction of sp³-hybridized carbons (Fsp3) is 0.588. The Hall–Kier alpha value is -1.75. The van der Waals surface area contributed by atoms with Crippen molar-refractivity contribution in [3.05, 3.63) is 23.8 Å². The van der Waals surface area contributed by atoms with Crippen molar-refractivity contribution in [3.8, 4) is 5.75 Å². The van der Waals surface area contributed by atoms with Gasteiger partial charge < -0.3 is 19.3 Å². The number of fused-ring (bicyclic) bond motifs is 1. The predicted molar refractivity (Wildman–Crippen MR) is 85.2 cm³/mol. The molecular weight excluding hydrogens is 280 g/mol. The zero-order chi connectivity index (χ0) is 15.5. The van der Waals surface area contributed by atoms with Crippen molar-refractivity contribution in [1.29, 1.82) is 0 Å². The number of carbonyl (C=O) groups excluding carboxylic acids is 1. The molecular formula is C17H24N2O3. The number of hydrogen-bond acceptors (Lipinski definition) is 4. The molecule has 1 fully saturated rings. The van der Waals surface area contributed by atoms with E-state index in [2.05, 4.69) is 17.0 Å². The van der Waals surface area contributed by atoms with Crippen molar-refractivity contribution >= 4 is 11.6 Å². The molecule has 1 amide bonds. The summed E-state index contributed by atoms with van der Waals surface area (Å²) in [5.74, 6) is 1.10. The van der Waals surface area contributed by atoms with Crippen LogP contribution in [0.5, 0.6) is 5.75 Å². The Labute approximate surface area is 131 Å². The van der Waals surface area contributed by atoms with Crippen LogP contribution < -0.4 is 9.64 Å². The van der Waals surface area contributed by atoms with Crippen LogP contribution in [-0.4, -0.2) is 50.3 Å². The normalized spacial score (nSPS) is 18.7. The van der Waals surface area contributed by atoms with E-state index in [0.29, 0.717) is 19.7 Å². The van der Waals surface area contributed by atoms with E-state index in [9.17, 15) is 4.79 Å². The molecule has 0 saturated carbocycles. The molecule has 120 valence electrons. The van der Waals surface area contributed by atoms with Crippen molar-refractivity contribution in [2.75, 3.05) is 44.4 Å². The lowest BCUT2D eigenvalue weighted by molar-refractivity contribution is -0.135. The minimum absolute atomic E-state index is 0.0176. The van der Waals surface area contributed by atoms with Crippen molar-refractivity contribution in [2.45, 2.75) is 20.4 Å². The van der Waals surface area contributed by atoms with E-state index in [-0.39, 0.29) is 11.8 Å². The zero-order valence-electron chi connectivity index (χ0n) is 13.4. The average molecular weight is 304 g/mol. The molecule has 0 atom stereocenters. The first-order chi connectivity index (χ1) is 10.6. The zero-order valence-corrected chi connectivity index (χ0v) is 13.4. The molecule has 1 aromatic carbocycles. The Morgan fingerprint density at radius 3 is 2.64 bits per heavy atom. The molecule has 0 bridgehead atoms. The first kappa shape index (κ1) is 15.2. The van der Waals surface area contributed by atoms with Gasteiger partial charge in [-0.25, -0.2) is 0 Å². The van der Waals surface area contributed by atoms with Gasteiger partial charge in [-0.1, -0.05) is 13.8 Å². The Morgan fingerprint density at radius 1 is 1.14 bits per heavy atom. The van der Waals surface area contributed by atoms with Crippen LogP contribution in [0.1, 0.15) is 19.4 Å². The summed E-state index contributed by atoms with van der Waals surface area (Å²) < 4.78 is 11.2. The molecule has 3 rings (SSSR count). The highest BCUT2D eigenvalue weighted by Gasteiger charge is 2.22. The summed E-state index contributed by atoms with van der Waals surface area (Å²) in [6, 6.07) is 6.29. The van der Waals surface area contributed by atoms with Gasteiger partial charge in [0, 0.05) is 36.8 Å². The minimum Gasteiger partial charge on any atom is -0.491 e. The molecule has 1 saturated heterocycles. The third-order valence-electron chi connectivity index (χ3n) is 4.21. The molecule has 0 unspecified atom stereocenters. The quantitative estimate of drug-likeness (QED) is 0.837. The first-order valence-electron chi connectivity index (χ1n) is 8.02. The molecule has 0 aliphatic carbocycles. The maximum absolute atomic E-state index is 12.3. The van der Waals surface area contributed by atoms with Crippen LogP contribution in [0.15, 0.2) is 18.2 Å². The van der Waals surface area contributed by atoms with E-state index >= 15 is 0 Å². The maximum atomic E-state index is 12.3. The fourth-order valence-electron chi connectivity index (χ4n) is 2.95. The Bertz CT molecular complexity index is 539. The number of amides is 1. The van der Waals surface area contributed by atoms with E-state index in [0.717, 1.165) is 37.6 Å². The second-order valence-electron chi connectivity index (χ2n) is 6.15. The van der Waals surface area contributed by atoms with Gasteiger partial charge >= 0.3 is 0 Å². The average Bonchev–Trinajstić information content (AvgIpc) is 2.76. The van der Waals surface area contributed by atoms with E-state index in [1.807, 2.05) is 24.8 Å². The van der Waals surface area contributed by atoms with Crippen LogP contribution in [0.4, 0.5) is 5.69 Å². The summed E-state index contributed by atoms with van der Waals surface area (Å²) >= 11 is 0. The Morgan fingerprint density at radius 2 is 1.91 bits per heavy atom. The van der Waals surface area contributed by atoms with Gasteiger partial charge in [-0.3, -0.25) is 4.79 Å². The lowest BCUT2D eigenvalue weighted by Gasteiger charge is -2.29. The number of hydrogen-bond donors (Lipinski definition) is 0. The highest BCUT2D eigenvalue weighted by Crippen LogP contribution is 2.29.